The standard InChI is InChI=1S/C15H15F3N2O2/c16-15(17,18)12-5-6-13(14(7-12)20(21)22)19-8-10-3-1-2-4-11(10)9-19/h1-2,5-7,10-11H,3-4,8-9H2. The smallest absolute Gasteiger partial charge is 0.365 e. The minimum Gasteiger partial charge on any atom is -0.365 e. The molecule has 0 bridgehead atoms. The largest absolute Gasteiger partial charge is 0.416 e. The van der Waals surface area contributed by atoms with Gasteiger partial charge in [0.1, 0.15) is 5.69 Å². The van der Waals surface area contributed by atoms with Gasteiger partial charge in [-0.15, -0.1) is 0 Å². The number of halogens is 3. The van der Waals surface area contributed by atoms with Crippen molar-refractivity contribution >= 4 is 11.4 Å². The van der Waals surface area contributed by atoms with Crippen LogP contribution in [0.3, 0.4) is 0 Å². The predicted octanol–water partition coefficient (Wildman–Crippen LogP) is 4.02. The van der Waals surface area contributed by atoms with E-state index >= 15 is 0 Å². The predicted molar refractivity (Wildman–Crippen MR) is 75.7 cm³/mol. The fourth-order valence-corrected chi connectivity index (χ4v) is 3.32. The number of hydrogen-bond donors (Lipinski definition) is 0. The van der Waals surface area contributed by atoms with E-state index in [-0.39, 0.29) is 5.69 Å². The Bertz CT molecular complexity index is 612. The van der Waals surface area contributed by atoms with Crippen LogP contribution >= 0.6 is 0 Å². The minimum atomic E-state index is -4.58. The summed E-state index contributed by atoms with van der Waals surface area (Å²) in [5, 5.41) is 11.2. The molecule has 1 aliphatic carbocycles. The van der Waals surface area contributed by atoms with Gasteiger partial charge in [0, 0.05) is 19.2 Å². The Balaban J connectivity index is 1.92. The van der Waals surface area contributed by atoms with Crippen LogP contribution in [0.4, 0.5) is 24.5 Å². The number of benzene rings is 1. The third-order valence-electron chi connectivity index (χ3n) is 4.46. The molecule has 1 aliphatic heterocycles. The van der Waals surface area contributed by atoms with E-state index < -0.39 is 22.4 Å². The van der Waals surface area contributed by atoms with E-state index in [2.05, 4.69) is 12.2 Å². The molecule has 2 atom stereocenters. The van der Waals surface area contributed by atoms with Gasteiger partial charge in [0.25, 0.3) is 5.69 Å². The molecule has 4 nitrogen and oxygen atoms in total. The van der Waals surface area contributed by atoms with Crippen molar-refractivity contribution in [1.29, 1.82) is 0 Å². The second-order valence-electron chi connectivity index (χ2n) is 5.83. The van der Waals surface area contributed by atoms with Crippen molar-refractivity contribution in [3.05, 3.63) is 46.0 Å². The fourth-order valence-electron chi connectivity index (χ4n) is 3.32. The number of rotatable bonds is 2. The molecule has 0 aromatic heterocycles. The van der Waals surface area contributed by atoms with E-state index in [1.54, 1.807) is 0 Å². The van der Waals surface area contributed by atoms with Crippen molar-refractivity contribution in [3.63, 3.8) is 0 Å². The molecule has 0 saturated carbocycles. The summed E-state index contributed by atoms with van der Waals surface area (Å²) < 4.78 is 38.2. The van der Waals surface area contributed by atoms with Crippen LogP contribution in [0.2, 0.25) is 0 Å². The third-order valence-corrected chi connectivity index (χ3v) is 4.46. The second-order valence-corrected chi connectivity index (χ2v) is 5.83. The Hall–Kier alpha value is -2.05. The summed E-state index contributed by atoms with van der Waals surface area (Å²) in [6, 6.07) is 2.78. The zero-order chi connectivity index (χ0) is 15.9. The first-order valence-corrected chi connectivity index (χ1v) is 7.12. The van der Waals surface area contributed by atoms with E-state index in [1.807, 2.05) is 4.90 Å². The number of alkyl halides is 3. The molecule has 0 spiro atoms. The van der Waals surface area contributed by atoms with Crippen LogP contribution in [0, 0.1) is 22.0 Å². The van der Waals surface area contributed by atoms with Crippen LogP contribution in [0.5, 0.6) is 0 Å². The lowest BCUT2D eigenvalue weighted by Gasteiger charge is -2.19. The first kappa shape index (κ1) is 14.9. The number of nitrogens with zero attached hydrogens (tertiary/aromatic N) is 2. The van der Waals surface area contributed by atoms with Crippen molar-refractivity contribution < 1.29 is 18.1 Å². The van der Waals surface area contributed by atoms with Crippen molar-refractivity contribution in [3.8, 4) is 0 Å². The van der Waals surface area contributed by atoms with Crippen molar-refractivity contribution in [1.82, 2.24) is 0 Å². The van der Waals surface area contributed by atoms with Gasteiger partial charge in [0.05, 0.1) is 10.5 Å². The number of allylic oxidation sites excluding steroid dienone is 2. The Kier molecular flexibility index (Phi) is 3.58. The maximum atomic E-state index is 12.7. The number of hydrogen-bond acceptors (Lipinski definition) is 3. The van der Waals surface area contributed by atoms with Gasteiger partial charge in [-0.05, 0) is 36.8 Å². The normalized spacial score (nSPS) is 24.4. The van der Waals surface area contributed by atoms with Gasteiger partial charge in [-0.3, -0.25) is 10.1 Å². The molecule has 7 heteroatoms. The maximum absolute atomic E-state index is 12.7. The van der Waals surface area contributed by atoms with Gasteiger partial charge in [-0.2, -0.15) is 13.2 Å². The van der Waals surface area contributed by atoms with Crippen LogP contribution in [0.25, 0.3) is 0 Å². The highest BCUT2D eigenvalue weighted by Gasteiger charge is 2.37. The summed E-state index contributed by atoms with van der Waals surface area (Å²) >= 11 is 0. The van der Waals surface area contributed by atoms with Crippen LogP contribution in [0.15, 0.2) is 30.4 Å². The van der Waals surface area contributed by atoms with Gasteiger partial charge >= 0.3 is 6.18 Å². The number of fused-ring (bicyclic) bond motifs is 1. The topological polar surface area (TPSA) is 46.4 Å². The molecule has 1 aromatic carbocycles. The SMILES string of the molecule is O=[N+]([O-])c1cc(C(F)(F)F)ccc1N1CC2CC=CCC2C1. The monoisotopic (exact) mass is 312 g/mol. The molecular weight excluding hydrogens is 297 g/mol. The lowest BCUT2D eigenvalue weighted by Crippen LogP contribution is -2.21. The van der Waals surface area contributed by atoms with Crippen molar-refractivity contribution in [2.24, 2.45) is 11.8 Å². The molecule has 1 aromatic rings. The Morgan fingerprint density at radius 3 is 2.23 bits per heavy atom. The van der Waals surface area contributed by atoms with Crippen LogP contribution < -0.4 is 4.90 Å². The molecule has 118 valence electrons. The highest BCUT2D eigenvalue weighted by atomic mass is 19.4. The lowest BCUT2D eigenvalue weighted by molar-refractivity contribution is -0.384. The number of nitro benzene ring substituents is 1. The summed E-state index contributed by atoms with van der Waals surface area (Å²) in [6.45, 7) is 1.31. The van der Waals surface area contributed by atoms with Crippen LogP contribution in [0.1, 0.15) is 18.4 Å². The van der Waals surface area contributed by atoms with Crippen LogP contribution in [-0.2, 0) is 6.18 Å². The molecule has 0 amide bonds. The minimum absolute atomic E-state index is 0.285. The lowest BCUT2D eigenvalue weighted by atomic mass is 9.86. The Morgan fingerprint density at radius 2 is 1.73 bits per heavy atom. The van der Waals surface area contributed by atoms with Gasteiger partial charge < -0.3 is 4.90 Å². The van der Waals surface area contributed by atoms with Crippen LogP contribution in [-0.4, -0.2) is 18.0 Å². The molecule has 2 aliphatic rings. The summed E-state index contributed by atoms with van der Waals surface area (Å²) in [7, 11) is 0. The molecule has 1 saturated heterocycles. The summed E-state index contributed by atoms with van der Waals surface area (Å²) in [5.41, 5.74) is -1.17. The van der Waals surface area contributed by atoms with E-state index in [4.69, 9.17) is 0 Å². The zero-order valence-electron chi connectivity index (χ0n) is 11.7. The number of nitro groups is 1. The average molecular weight is 312 g/mol. The molecule has 1 fully saturated rings. The molecule has 0 N–H and O–H groups in total. The quantitative estimate of drug-likeness (QED) is 0.471. The second kappa shape index (κ2) is 5.30. The van der Waals surface area contributed by atoms with E-state index in [9.17, 15) is 23.3 Å². The average Bonchev–Trinajstić information content (AvgIpc) is 2.89. The molecule has 2 unspecified atom stereocenters. The molecule has 3 rings (SSSR count). The van der Waals surface area contributed by atoms with E-state index in [1.165, 1.54) is 6.07 Å². The van der Waals surface area contributed by atoms with E-state index in [0.29, 0.717) is 31.0 Å². The van der Waals surface area contributed by atoms with Gasteiger partial charge in [0.15, 0.2) is 0 Å². The first-order valence-electron chi connectivity index (χ1n) is 7.12. The van der Waals surface area contributed by atoms with Crippen molar-refractivity contribution in [2.75, 3.05) is 18.0 Å². The highest BCUT2D eigenvalue weighted by Crippen LogP contribution is 2.41. The first-order chi connectivity index (χ1) is 10.4. The van der Waals surface area contributed by atoms with Gasteiger partial charge in [0.2, 0.25) is 0 Å². The Morgan fingerprint density at radius 1 is 1.14 bits per heavy atom. The van der Waals surface area contributed by atoms with E-state index in [0.717, 1.165) is 18.9 Å². The number of anilines is 1. The zero-order valence-corrected chi connectivity index (χ0v) is 11.7. The molecule has 22 heavy (non-hydrogen) atoms. The molecule has 0 radical (unpaired) electrons. The maximum Gasteiger partial charge on any atom is 0.416 e. The molecular formula is C15H15F3N2O2. The van der Waals surface area contributed by atoms with Gasteiger partial charge in [-0.1, -0.05) is 12.2 Å². The fraction of sp³-hybridized carbons (Fsp3) is 0.467. The van der Waals surface area contributed by atoms with Gasteiger partial charge in [-0.25, -0.2) is 0 Å². The summed E-state index contributed by atoms with van der Waals surface area (Å²) in [6.07, 6.45) is 1.48. The highest BCUT2D eigenvalue weighted by molar-refractivity contribution is 5.65. The van der Waals surface area contributed by atoms with Crippen molar-refractivity contribution in [2.45, 2.75) is 19.0 Å². The molecule has 1 heterocycles. The Labute approximate surface area is 125 Å². The summed E-state index contributed by atoms with van der Waals surface area (Å²) in [5.74, 6) is 0.846. The summed E-state index contributed by atoms with van der Waals surface area (Å²) in [4.78, 5) is 12.3. The third kappa shape index (κ3) is 2.67.